The molecule has 0 aliphatic carbocycles. The monoisotopic (exact) mass is 333 g/mol. The first-order chi connectivity index (χ1) is 11.0. The minimum Gasteiger partial charge on any atom is -0.496 e. The van der Waals surface area contributed by atoms with Crippen molar-refractivity contribution in [1.29, 1.82) is 0 Å². The summed E-state index contributed by atoms with van der Waals surface area (Å²) < 4.78 is 10.4. The Hall–Kier alpha value is -2.04. The first-order valence-electron chi connectivity index (χ1n) is 7.27. The molecule has 0 bridgehead atoms. The summed E-state index contributed by atoms with van der Waals surface area (Å²) in [5.74, 6) is 0.557. The highest BCUT2D eigenvalue weighted by Crippen LogP contribution is 2.22. The van der Waals surface area contributed by atoms with Crippen molar-refractivity contribution >= 4 is 17.5 Å². The van der Waals surface area contributed by atoms with E-state index in [0.717, 1.165) is 11.1 Å². The Morgan fingerprint density at radius 3 is 2.48 bits per heavy atom. The van der Waals surface area contributed by atoms with Crippen molar-refractivity contribution in [1.82, 2.24) is 5.32 Å². The van der Waals surface area contributed by atoms with Gasteiger partial charge in [0.05, 0.1) is 19.8 Å². The number of hydrogen-bond acceptors (Lipinski definition) is 3. The number of methoxy groups -OCH3 is 2. The second-order valence-corrected chi connectivity index (χ2v) is 5.64. The molecule has 1 N–H and O–H groups in total. The van der Waals surface area contributed by atoms with Crippen molar-refractivity contribution in [2.75, 3.05) is 14.2 Å². The van der Waals surface area contributed by atoms with Crippen LogP contribution in [0.5, 0.6) is 5.75 Å². The van der Waals surface area contributed by atoms with Gasteiger partial charge in [-0.1, -0.05) is 23.7 Å². The third-order valence-electron chi connectivity index (χ3n) is 3.56. The summed E-state index contributed by atoms with van der Waals surface area (Å²) in [6.45, 7) is 2.32. The summed E-state index contributed by atoms with van der Waals surface area (Å²) >= 11 is 5.88. The Balaban J connectivity index is 2.13. The maximum atomic E-state index is 12.4. The van der Waals surface area contributed by atoms with E-state index in [1.807, 2.05) is 31.2 Å². The SMILES string of the molecule is COCc1cc(C(=O)N[C@H](C)c2ccc(Cl)cc2)ccc1OC. The van der Waals surface area contributed by atoms with Gasteiger partial charge in [0.15, 0.2) is 0 Å². The van der Waals surface area contributed by atoms with Crippen molar-refractivity contribution in [3.05, 3.63) is 64.2 Å². The lowest BCUT2D eigenvalue weighted by molar-refractivity contribution is 0.0939. The number of amides is 1. The lowest BCUT2D eigenvalue weighted by Gasteiger charge is -2.15. The van der Waals surface area contributed by atoms with Gasteiger partial charge in [0.25, 0.3) is 5.91 Å². The fraction of sp³-hybridized carbons (Fsp3) is 0.278. The molecule has 4 nitrogen and oxygen atoms in total. The molecule has 0 radical (unpaired) electrons. The molecular weight excluding hydrogens is 314 g/mol. The number of halogens is 1. The average molecular weight is 334 g/mol. The van der Waals surface area contributed by atoms with Crippen LogP contribution in [0, 0.1) is 0 Å². The summed E-state index contributed by atoms with van der Waals surface area (Å²) in [6, 6.07) is 12.6. The number of ether oxygens (including phenoxy) is 2. The van der Waals surface area contributed by atoms with Gasteiger partial charge in [0, 0.05) is 23.3 Å². The molecule has 2 rings (SSSR count). The van der Waals surface area contributed by atoms with E-state index >= 15 is 0 Å². The number of hydrogen-bond donors (Lipinski definition) is 1. The largest absolute Gasteiger partial charge is 0.496 e. The molecule has 0 saturated heterocycles. The molecule has 0 fully saturated rings. The van der Waals surface area contributed by atoms with Crippen LogP contribution in [-0.2, 0) is 11.3 Å². The number of carbonyl (C=O) groups excluding carboxylic acids is 1. The molecule has 0 spiro atoms. The summed E-state index contributed by atoms with van der Waals surface area (Å²) in [6.07, 6.45) is 0. The zero-order chi connectivity index (χ0) is 16.8. The van der Waals surface area contributed by atoms with Gasteiger partial charge < -0.3 is 14.8 Å². The fourth-order valence-corrected chi connectivity index (χ4v) is 2.43. The van der Waals surface area contributed by atoms with E-state index in [1.54, 1.807) is 32.4 Å². The highest BCUT2D eigenvalue weighted by atomic mass is 35.5. The molecule has 122 valence electrons. The predicted molar refractivity (Wildman–Crippen MR) is 91.0 cm³/mol. The predicted octanol–water partition coefficient (Wildman–Crippen LogP) is 3.99. The Labute approximate surface area is 141 Å². The Kier molecular flexibility index (Phi) is 6.02. The van der Waals surface area contributed by atoms with Crippen molar-refractivity contribution in [2.45, 2.75) is 19.6 Å². The third kappa shape index (κ3) is 4.47. The van der Waals surface area contributed by atoms with Gasteiger partial charge in [-0.05, 0) is 42.8 Å². The average Bonchev–Trinajstić information content (AvgIpc) is 2.55. The molecule has 0 saturated carbocycles. The van der Waals surface area contributed by atoms with E-state index in [-0.39, 0.29) is 11.9 Å². The summed E-state index contributed by atoms with van der Waals surface area (Å²) in [4.78, 5) is 12.4. The molecule has 0 heterocycles. The number of rotatable bonds is 6. The van der Waals surface area contributed by atoms with Gasteiger partial charge in [-0.25, -0.2) is 0 Å². The summed E-state index contributed by atoms with van der Waals surface area (Å²) in [7, 11) is 3.20. The van der Waals surface area contributed by atoms with Gasteiger partial charge in [0.2, 0.25) is 0 Å². The van der Waals surface area contributed by atoms with Crippen LogP contribution in [0.1, 0.15) is 34.5 Å². The van der Waals surface area contributed by atoms with Crippen LogP contribution in [-0.4, -0.2) is 20.1 Å². The molecule has 0 aliphatic rings. The van der Waals surface area contributed by atoms with Gasteiger partial charge >= 0.3 is 0 Å². The third-order valence-corrected chi connectivity index (χ3v) is 3.81. The smallest absolute Gasteiger partial charge is 0.251 e. The quantitative estimate of drug-likeness (QED) is 0.869. The summed E-state index contributed by atoms with van der Waals surface area (Å²) in [5, 5.41) is 3.65. The maximum absolute atomic E-state index is 12.4. The minimum atomic E-state index is -0.146. The molecule has 0 aliphatic heterocycles. The first kappa shape index (κ1) is 17.3. The second kappa shape index (κ2) is 7.99. The Bertz CT molecular complexity index is 670. The van der Waals surface area contributed by atoms with Crippen LogP contribution < -0.4 is 10.1 Å². The normalized spacial score (nSPS) is 11.8. The van der Waals surface area contributed by atoms with Gasteiger partial charge in [-0.2, -0.15) is 0 Å². The van der Waals surface area contributed by atoms with Gasteiger partial charge in [-0.15, -0.1) is 0 Å². The van der Waals surface area contributed by atoms with Crippen molar-refractivity contribution in [3.8, 4) is 5.75 Å². The van der Waals surface area contributed by atoms with Crippen LogP contribution >= 0.6 is 11.6 Å². The molecule has 0 unspecified atom stereocenters. The van der Waals surface area contributed by atoms with E-state index < -0.39 is 0 Å². The molecule has 2 aromatic carbocycles. The second-order valence-electron chi connectivity index (χ2n) is 5.21. The van der Waals surface area contributed by atoms with E-state index in [1.165, 1.54) is 0 Å². The highest BCUT2D eigenvalue weighted by molar-refractivity contribution is 6.30. The van der Waals surface area contributed by atoms with Crippen LogP contribution in [0.25, 0.3) is 0 Å². The van der Waals surface area contributed by atoms with E-state index in [2.05, 4.69) is 5.32 Å². The first-order valence-corrected chi connectivity index (χ1v) is 7.65. The highest BCUT2D eigenvalue weighted by Gasteiger charge is 2.13. The molecule has 1 amide bonds. The number of nitrogens with one attached hydrogen (secondary N) is 1. The van der Waals surface area contributed by atoms with Crippen LogP contribution in [0.3, 0.4) is 0 Å². The van der Waals surface area contributed by atoms with Gasteiger partial charge in [-0.3, -0.25) is 4.79 Å². The molecule has 5 heteroatoms. The van der Waals surface area contributed by atoms with Crippen molar-refractivity contribution in [3.63, 3.8) is 0 Å². The molecule has 23 heavy (non-hydrogen) atoms. The zero-order valence-electron chi connectivity index (χ0n) is 13.4. The van der Waals surface area contributed by atoms with E-state index in [9.17, 15) is 4.79 Å². The molecular formula is C18H20ClNO3. The van der Waals surface area contributed by atoms with E-state index in [0.29, 0.717) is 22.9 Å². The van der Waals surface area contributed by atoms with Crippen molar-refractivity contribution < 1.29 is 14.3 Å². The standard InChI is InChI=1S/C18H20ClNO3/c1-12(13-4-7-16(19)8-5-13)20-18(21)14-6-9-17(23-3)15(10-14)11-22-2/h4-10,12H,11H2,1-3H3,(H,20,21)/t12-/m1/s1. The number of benzene rings is 2. The van der Waals surface area contributed by atoms with Crippen LogP contribution in [0.15, 0.2) is 42.5 Å². The Morgan fingerprint density at radius 2 is 1.87 bits per heavy atom. The Morgan fingerprint density at radius 1 is 1.17 bits per heavy atom. The van der Waals surface area contributed by atoms with Crippen LogP contribution in [0.4, 0.5) is 0 Å². The minimum absolute atomic E-state index is 0.118. The molecule has 2 aromatic rings. The molecule has 0 aromatic heterocycles. The maximum Gasteiger partial charge on any atom is 0.251 e. The van der Waals surface area contributed by atoms with E-state index in [4.69, 9.17) is 21.1 Å². The van der Waals surface area contributed by atoms with Crippen molar-refractivity contribution in [2.24, 2.45) is 0 Å². The fourth-order valence-electron chi connectivity index (χ4n) is 2.30. The summed E-state index contributed by atoms with van der Waals surface area (Å²) in [5.41, 5.74) is 2.40. The zero-order valence-corrected chi connectivity index (χ0v) is 14.2. The molecule has 1 atom stereocenters. The van der Waals surface area contributed by atoms with Gasteiger partial charge in [0.1, 0.15) is 5.75 Å². The lowest BCUT2D eigenvalue weighted by atomic mass is 10.1. The lowest BCUT2D eigenvalue weighted by Crippen LogP contribution is -2.26. The number of carbonyl (C=O) groups is 1. The topological polar surface area (TPSA) is 47.6 Å². The van der Waals surface area contributed by atoms with Crippen LogP contribution in [0.2, 0.25) is 5.02 Å².